The van der Waals surface area contributed by atoms with Crippen LogP contribution >= 0.6 is 0 Å². The summed E-state index contributed by atoms with van der Waals surface area (Å²) in [6.07, 6.45) is 1.50. The summed E-state index contributed by atoms with van der Waals surface area (Å²) >= 11 is 0. The van der Waals surface area contributed by atoms with E-state index in [-0.39, 0.29) is 24.0 Å². The van der Waals surface area contributed by atoms with Gasteiger partial charge in [0.15, 0.2) is 11.5 Å². The molecule has 0 aromatic heterocycles. The quantitative estimate of drug-likeness (QED) is 0.810. The number of ether oxygens (including phenoxy) is 2. The molecule has 0 bridgehead atoms. The molecule has 1 aliphatic heterocycles. The van der Waals surface area contributed by atoms with Crippen LogP contribution in [0.4, 0.5) is 0 Å². The van der Waals surface area contributed by atoms with Crippen LogP contribution in [0, 0.1) is 0 Å². The maximum Gasteiger partial charge on any atom is 0.251 e. The Morgan fingerprint density at radius 2 is 1.76 bits per heavy atom. The highest BCUT2D eigenvalue weighted by atomic mass is 16.5. The molecule has 3 rings (SSSR count). The van der Waals surface area contributed by atoms with Gasteiger partial charge in [0.1, 0.15) is 6.10 Å². The first-order chi connectivity index (χ1) is 14.0. The summed E-state index contributed by atoms with van der Waals surface area (Å²) in [4.78, 5) is 26.1. The number of hydrogen-bond acceptors (Lipinski definition) is 4. The third-order valence-corrected chi connectivity index (χ3v) is 5.25. The molecule has 1 atom stereocenters. The number of benzene rings is 2. The van der Waals surface area contributed by atoms with E-state index in [0.717, 1.165) is 18.4 Å². The lowest BCUT2D eigenvalue weighted by atomic mass is 10.1. The lowest BCUT2D eigenvalue weighted by Crippen LogP contribution is -2.40. The van der Waals surface area contributed by atoms with Gasteiger partial charge in [0.05, 0.1) is 13.2 Å². The van der Waals surface area contributed by atoms with E-state index in [9.17, 15) is 9.59 Å². The number of methoxy groups -OCH3 is 1. The van der Waals surface area contributed by atoms with Gasteiger partial charge in [-0.2, -0.15) is 0 Å². The van der Waals surface area contributed by atoms with Gasteiger partial charge >= 0.3 is 0 Å². The lowest BCUT2D eigenvalue weighted by molar-refractivity contribution is -0.130. The molecule has 154 valence electrons. The Labute approximate surface area is 171 Å². The van der Waals surface area contributed by atoms with Crippen molar-refractivity contribution in [1.29, 1.82) is 0 Å². The molecule has 0 spiro atoms. The third kappa shape index (κ3) is 5.28. The van der Waals surface area contributed by atoms with E-state index in [1.807, 2.05) is 42.2 Å². The van der Waals surface area contributed by atoms with Gasteiger partial charge in [0, 0.05) is 38.4 Å². The number of nitrogens with one attached hydrogen (secondary N) is 1. The van der Waals surface area contributed by atoms with Crippen LogP contribution in [0.1, 0.15) is 48.7 Å². The van der Waals surface area contributed by atoms with E-state index in [1.54, 1.807) is 32.2 Å². The van der Waals surface area contributed by atoms with Gasteiger partial charge in [0.2, 0.25) is 5.91 Å². The van der Waals surface area contributed by atoms with Crippen LogP contribution < -0.4 is 14.8 Å². The normalized spacial score (nSPS) is 15.5. The highest BCUT2D eigenvalue weighted by Gasteiger charge is 2.23. The first-order valence-corrected chi connectivity index (χ1v) is 9.94. The molecular weight excluding hydrogens is 368 g/mol. The molecule has 0 aliphatic carbocycles. The highest BCUT2D eigenvalue weighted by molar-refractivity contribution is 5.95. The van der Waals surface area contributed by atoms with Crippen molar-refractivity contribution < 1.29 is 19.1 Å². The molecule has 1 N–H and O–H groups in total. The van der Waals surface area contributed by atoms with Crippen molar-refractivity contribution in [2.45, 2.75) is 38.8 Å². The van der Waals surface area contributed by atoms with Crippen LogP contribution in [0.3, 0.4) is 0 Å². The zero-order valence-corrected chi connectivity index (χ0v) is 17.2. The van der Waals surface area contributed by atoms with Crippen LogP contribution in [-0.2, 0) is 4.79 Å². The van der Waals surface area contributed by atoms with Crippen LogP contribution in [0.5, 0.6) is 11.5 Å². The van der Waals surface area contributed by atoms with E-state index in [2.05, 4.69) is 5.32 Å². The maximum atomic E-state index is 12.7. The average molecular weight is 396 g/mol. The summed E-state index contributed by atoms with van der Waals surface area (Å²) < 4.78 is 11.6. The number of nitrogens with zero attached hydrogens (tertiary/aromatic N) is 1. The number of rotatable bonds is 6. The monoisotopic (exact) mass is 396 g/mol. The van der Waals surface area contributed by atoms with Gasteiger partial charge in [-0.15, -0.1) is 0 Å². The largest absolute Gasteiger partial charge is 0.493 e. The molecule has 1 aliphatic rings. The SMILES string of the molecule is COc1ccc(C(=O)N[C@@H](C)c2ccccc2)cc1OC1CCN(C(C)=O)CC1. The fourth-order valence-electron chi connectivity index (χ4n) is 3.48. The molecule has 2 aromatic rings. The van der Waals surface area contributed by atoms with Crippen molar-refractivity contribution in [3.05, 3.63) is 59.7 Å². The summed E-state index contributed by atoms with van der Waals surface area (Å²) in [5.41, 5.74) is 1.56. The first-order valence-electron chi connectivity index (χ1n) is 9.94. The van der Waals surface area contributed by atoms with Crippen LogP contribution in [0.15, 0.2) is 48.5 Å². The molecule has 6 heteroatoms. The minimum absolute atomic E-state index is 0.0129. The van der Waals surface area contributed by atoms with E-state index in [4.69, 9.17) is 9.47 Å². The van der Waals surface area contributed by atoms with Crippen molar-refractivity contribution in [3.8, 4) is 11.5 Å². The topological polar surface area (TPSA) is 67.9 Å². The van der Waals surface area contributed by atoms with Gasteiger partial charge in [0.25, 0.3) is 5.91 Å². The maximum absolute atomic E-state index is 12.7. The summed E-state index contributed by atoms with van der Waals surface area (Å²) in [7, 11) is 1.58. The molecule has 0 saturated carbocycles. The van der Waals surface area contributed by atoms with Crippen molar-refractivity contribution in [3.63, 3.8) is 0 Å². The third-order valence-electron chi connectivity index (χ3n) is 5.25. The van der Waals surface area contributed by atoms with Gasteiger partial charge in [-0.05, 0) is 30.7 Å². The minimum Gasteiger partial charge on any atom is -0.493 e. The zero-order chi connectivity index (χ0) is 20.8. The Morgan fingerprint density at radius 1 is 1.07 bits per heavy atom. The Balaban J connectivity index is 1.68. The summed E-state index contributed by atoms with van der Waals surface area (Å²) in [5, 5.41) is 3.02. The van der Waals surface area contributed by atoms with Crippen LogP contribution in [0.2, 0.25) is 0 Å². The van der Waals surface area contributed by atoms with E-state index in [1.165, 1.54) is 0 Å². The lowest BCUT2D eigenvalue weighted by Gasteiger charge is -2.31. The molecule has 1 saturated heterocycles. The second-order valence-electron chi connectivity index (χ2n) is 7.29. The number of piperidine rings is 1. The fraction of sp³-hybridized carbons (Fsp3) is 0.391. The summed E-state index contributed by atoms with van der Waals surface area (Å²) in [6.45, 7) is 4.90. The molecular formula is C23H28N2O4. The highest BCUT2D eigenvalue weighted by Crippen LogP contribution is 2.31. The molecule has 6 nitrogen and oxygen atoms in total. The summed E-state index contributed by atoms with van der Waals surface area (Å²) in [6, 6.07) is 14.9. The van der Waals surface area contributed by atoms with Crippen LogP contribution in [0.25, 0.3) is 0 Å². The summed E-state index contributed by atoms with van der Waals surface area (Å²) in [5.74, 6) is 1.06. The average Bonchev–Trinajstić information content (AvgIpc) is 2.74. The standard InChI is InChI=1S/C23H28N2O4/c1-16(18-7-5-4-6-8-18)24-23(27)19-9-10-21(28-3)22(15-19)29-20-11-13-25(14-12-20)17(2)26/h4-10,15-16,20H,11-14H2,1-3H3,(H,24,27)/t16-/m0/s1. The van der Waals surface area contributed by atoms with E-state index in [0.29, 0.717) is 30.2 Å². The van der Waals surface area contributed by atoms with Gasteiger partial charge in [-0.3, -0.25) is 9.59 Å². The Morgan fingerprint density at radius 3 is 2.38 bits per heavy atom. The first kappa shape index (κ1) is 20.7. The molecule has 0 radical (unpaired) electrons. The molecule has 0 unspecified atom stereocenters. The molecule has 1 heterocycles. The molecule has 2 amide bonds. The molecule has 1 fully saturated rings. The predicted molar refractivity (Wildman–Crippen MR) is 111 cm³/mol. The second-order valence-corrected chi connectivity index (χ2v) is 7.29. The van der Waals surface area contributed by atoms with Crippen LogP contribution in [-0.4, -0.2) is 43.0 Å². The number of likely N-dealkylation sites (tertiary alicyclic amines) is 1. The number of carbonyl (C=O) groups excluding carboxylic acids is 2. The number of amides is 2. The van der Waals surface area contributed by atoms with Gasteiger partial charge < -0.3 is 19.7 Å². The number of carbonyl (C=O) groups is 2. The zero-order valence-electron chi connectivity index (χ0n) is 17.2. The van der Waals surface area contributed by atoms with Crippen molar-refractivity contribution in [1.82, 2.24) is 10.2 Å². The molecule has 2 aromatic carbocycles. The number of hydrogen-bond donors (Lipinski definition) is 1. The minimum atomic E-state index is -0.166. The van der Waals surface area contributed by atoms with E-state index < -0.39 is 0 Å². The van der Waals surface area contributed by atoms with Crippen molar-refractivity contribution >= 4 is 11.8 Å². The van der Waals surface area contributed by atoms with E-state index >= 15 is 0 Å². The predicted octanol–water partition coefficient (Wildman–Crippen LogP) is 3.58. The smallest absolute Gasteiger partial charge is 0.251 e. The van der Waals surface area contributed by atoms with Crippen molar-refractivity contribution in [2.75, 3.05) is 20.2 Å². The fourth-order valence-corrected chi connectivity index (χ4v) is 3.48. The van der Waals surface area contributed by atoms with Gasteiger partial charge in [-0.1, -0.05) is 30.3 Å². The second kappa shape index (κ2) is 9.45. The Bertz CT molecular complexity index is 845. The Kier molecular flexibility index (Phi) is 6.75. The van der Waals surface area contributed by atoms with Gasteiger partial charge in [-0.25, -0.2) is 0 Å². The Hall–Kier alpha value is -3.02. The van der Waals surface area contributed by atoms with Crippen molar-refractivity contribution in [2.24, 2.45) is 0 Å². The molecule has 29 heavy (non-hydrogen) atoms.